The number of esters is 1. The highest BCUT2D eigenvalue weighted by molar-refractivity contribution is 7.12. The molecule has 2 aromatic rings. The molecule has 4 nitrogen and oxygen atoms in total. The lowest BCUT2D eigenvalue weighted by molar-refractivity contribution is -0.121. The van der Waals surface area contributed by atoms with Crippen LogP contribution in [0.15, 0.2) is 24.3 Å². The zero-order valence-corrected chi connectivity index (χ0v) is 16.7. The largest absolute Gasteiger partial charge is 0.454 e. The van der Waals surface area contributed by atoms with E-state index in [0.29, 0.717) is 11.1 Å². The zero-order valence-electron chi connectivity index (χ0n) is 15.9. The van der Waals surface area contributed by atoms with E-state index >= 15 is 0 Å². The summed E-state index contributed by atoms with van der Waals surface area (Å²) in [6.45, 7) is 6.05. The first-order valence-electron chi connectivity index (χ1n) is 9.12. The van der Waals surface area contributed by atoms with Crippen molar-refractivity contribution in [3.63, 3.8) is 0 Å². The summed E-state index contributed by atoms with van der Waals surface area (Å²) in [5, 5.41) is 9.39. The Bertz CT molecular complexity index is 911. The van der Waals surface area contributed by atoms with Gasteiger partial charge in [-0.1, -0.05) is 32.9 Å². The van der Waals surface area contributed by atoms with Crippen molar-refractivity contribution < 1.29 is 14.3 Å². The molecule has 0 saturated carbocycles. The van der Waals surface area contributed by atoms with E-state index in [4.69, 9.17) is 4.74 Å². The molecule has 1 heterocycles. The topological polar surface area (TPSA) is 67.2 Å². The summed E-state index contributed by atoms with van der Waals surface area (Å²) in [6, 6.07) is 9.51. The van der Waals surface area contributed by atoms with E-state index in [1.807, 2.05) is 12.1 Å². The normalized spacial score (nSPS) is 13.1. The minimum absolute atomic E-state index is 0.0117. The second-order valence-corrected chi connectivity index (χ2v) is 9.08. The molecule has 5 heteroatoms. The monoisotopic (exact) mass is 381 g/mol. The van der Waals surface area contributed by atoms with Crippen molar-refractivity contribution in [3.05, 3.63) is 56.3 Å². The summed E-state index contributed by atoms with van der Waals surface area (Å²) in [7, 11) is 0. The number of ketones is 1. The molecule has 0 spiro atoms. The van der Waals surface area contributed by atoms with Gasteiger partial charge >= 0.3 is 5.97 Å². The van der Waals surface area contributed by atoms with Gasteiger partial charge in [0.15, 0.2) is 12.4 Å². The fraction of sp³-hybridized carbons (Fsp3) is 0.409. The molecule has 1 aromatic carbocycles. The highest BCUT2D eigenvalue weighted by Gasteiger charge is 2.23. The Morgan fingerprint density at radius 3 is 2.52 bits per heavy atom. The van der Waals surface area contributed by atoms with Gasteiger partial charge in [0.2, 0.25) is 0 Å². The Balaban J connectivity index is 1.58. The molecule has 0 unspecified atom stereocenters. The molecule has 140 valence electrons. The van der Waals surface area contributed by atoms with Gasteiger partial charge in [-0.3, -0.25) is 4.79 Å². The summed E-state index contributed by atoms with van der Waals surface area (Å²) < 4.78 is 5.17. The number of aryl methyl sites for hydroxylation is 1. The average molecular weight is 381 g/mol. The molecule has 0 fully saturated rings. The zero-order chi connectivity index (χ0) is 19.6. The van der Waals surface area contributed by atoms with Gasteiger partial charge in [0, 0.05) is 16.2 Å². The van der Waals surface area contributed by atoms with E-state index in [9.17, 15) is 14.9 Å². The van der Waals surface area contributed by atoms with Crippen molar-refractivity contribution in [3.8, 4) is 6.07 Å². The third kappa shape index (κ3) is 4.28. The van der Waals surface area contributed by atoms with Gasteiger partial charge < -0.3 is 4.74 Å². The third-order valence-corrected chi connectivity index (χ3v) is 6.11. The van der Waals surface area contributed by atoms with E-state index < -0.39 is 5.97 Å². The van der Waals surface area contributed by atoms with Gasteiger partial charge in [0.05, 0.1) is 11.1 Å². The first kappa shape index (κ1) is 19.3. The summed E-state index contributed by atoms with van der Waals surface area (Å²) >= 11 is 1.55. The number of nitrogens with zero attached hydrogens (tertiary/aromatic N) is 1. The van der Waals surface area contributed by atoms with E-state index in [2.05, 4.69) is 26.8 Å². The van der Waals surface area contributed by atoms with Crippen LogP contribution in [0.1, 0.15) is 64.0 Å². The highest BCUT2D eigenvalue weighted by atomic mass is 32.1. The lowest BCUT2D eigenvalue weighted by atomic mass is 9.87. The molecular weight excluding hydrogens is 358 g/mol. The maximum atomic E-state index is 12.2. The van der Waals surface area contributed by atoms with E-state index in [0.717, 1.165) is 35.3 Å². The molecule has 1 aliphatic rings. The van der Waals surface area contributed by atoms with Crippen LogP contribution in [0.25, 0.3) is 0 Å². The Kier molecular flexibility index (Phi) is 5.48. The molecular formula is C22H23NO3S. The van der Waals surface area contributed by atoms with E-state index in [1.54, 1.807) is 23.5 Å². The summed E-state index contributed by atoms with van der Waals surface area (Å²) in [6.07, 6.45) is 3.14. The lowest BCUT2D eigenvalue weighted by Gasteiger charge is -2.18. The Hall–Kier alpha value is -2.45. The van der Waals surface area contributed by atoms with Crippen molar-refractivity contribution in [2.45, 2.75) is 51.9 Å². The SMILES string of the molecule is CC(C)(C)c1ccc(C(=O)OCC(=O)Cc2sc3c(c2C#N)CCC3)cc1. The third-order valence-electron chi connectivity index (χ3n) is 4.81. The fourth-order valence-corrected chi connectivity index (χ4v) is 4.66. The average Bonchev–Trinajstić information content (AvgIpc) is 3.19. The molecule has 27 heavy (non-hydrogen) atoms. The molecule has 0 bridgehead atoms. The maximum Gasteiger partial charge on any atom is 0.338 e. The number of nitriles is 1. The van der Waals surface area contributed by atoms with Crippen LogP contribution >= 0.6 is 11.3 Å². The minimum Gasteiger partial charge on any atom is -0.454 e. The van der Waals surface area contributed by atoms with Gasteiger partial charge in [0.25, 0.3) is 0 Å². The number of ether oxygens (including phenoxy) is 1. The minimum atomic E-state index is -0.502. The molecule has 0 radical (unpaired) electrons. The second kappa shape index (κ2) is 7.66. The van der Waals surface area contributed by atoms with Crippen molar-refractivity contribution >= 4 is 23.1 Å². The number of Topliss-reactive ketones (excluding diaryl/α,β-unsaturated/α-hetero) is 1. The number of rotatable bonds is 5. The molecule has 1 aromatic heterocycles. The summed E-state index contributed by atoms with van der Waals surface area (Å²) in [5.41, 5.74) is 3.34. The molecule has 0 atom stereocenters. The number of carbonyl (C=O) groups is 2. The van der Waals surface area contributed by atoms with Crippen molar-refractivity contribution in [2.24, 2.45) is 0 Å². The van der Waals surface area contributed by atoms with Gasteiger partial charge in [0.1, 0.15) is 6.07 Å². The number of thiophene rings is 1. The Morgan fingerprint density at radius 2 is 1.89 bits per heavy atom. The Labute approximate surface area is 163 Å². The van der Waals surface area contributed by atoms with Gasteiger partial charge in [-0.15, -0.1) is 11.3 Å². The second-order valence-electron chi connectivity index (χ2n) is 7.89. The van der Waals surface area contributed by atoms with Crippen LogP contribution in [0.2, 0.25) is 0 Å². The molecule has 0 amide bonds. The van der Waals surface area contributed by atoms with E-state index in [1.165, 1.54) is 4.88 Å². The number of benzene rings is 1. The van der Waals surface area contributed by atoms with Crippen LogP contribution in [0.4, 0.5) is 0 Å². The number of hydrogen-bond acceptors (Lipinski definition) is 5. The molecule has 0 saturated heterocycles. The van der Waals surface area contributed by atoms with Crippen molar-refractivity contribution in [2.75, 3.05) is 6.61 Å². The van der Waals surface area contributed by atoms with Crippen LogP contribution in [0, 0.1) is 11.3 Å². The summed E-state index contributed by atoms with van der Waals surface area (Å²) in [5.74, 6) is -0.691. The molecule has 3 rings (SSSR count). The standard InChI is InChI=1S/C22H23NO3S/c1-22(2,3)15-9-7-14(8-10-15)21(25)26-13-16(24)11-20-18(12-23)17-5-4-6-19(17)27-20/h7-10H,4-6,11,13H2,1-3H3. The van der Waals surface area contributed by atoms with Crippen LogP contribution < -0.4 is 0 Å². The van der Waals surface area contributed by atoms with E-state index in [-0.39, 0.29) is 24.2 Å². The predicted molar refractivity (Wildman–Crippen MR) is 105 cm³/mol. The first-order valence-corrected chi connectivity index (χ1v) is 9.94. The quantitative estimate of drug-likeness (QED) is 0.721. The van der Waals surface area contributed by atoms with Gasteiger partial charge in [-0.25, -0.2) is 4.79 Å². The van der Waals surface area contributed by atoms with Crippen LogP contribution in [-0.2, 0) is 34.2 Å². The first-order chi connectivity index (χ1) is 12.8. The smallest absolute Gasteiger partial charge is 0.338 e. The van der Waals surface area contributed by atoms with Gasteiger partial charge in [-0.05, 0) is 47.9 Å². The predicted octanol–water partition coefficient (Wildman–Crippen LogP) is 4.37. The number of hydrogen-bond donors (Lipinski definition) is 0. The van der Waals surface area contributed by atoms with Crippen LogP contribution in [0.3, 0.4) is 0 Å². The lowest BCUT2D eigenvalue weighted by Crippen LogP contribution is -2.16. The number of fused-ring (bicyclic) bond motifs is 1. The molecule has 0 aliphatic heterocycles. The molecule has 1 aliphatic carbocycles. The van der Waals surface area contributed by atoms with Crippen LogP contribution in [-0.4, -0.2) is 18.4 Å². The highest BCUT2D eigenvalue weighted by Crippen LogP contribution is 2.35. The summed E-state index contributed by atoms with van der Waals surface area (Å²) in [4.78, 5) is 26.5. The maximum absolute atomic E-state index is 12.2. The van der Waals surface area contributed by atoms with Crippen molar-refractivity contribution in [1.82, 2.24) is 0 Å². The molecule has 0 N–H and O–H groups in total. The Morgan fingerprint density at radius 1 is 1.19 bits per heavy atom. The number of carbonyl (C=O) groups excluding carboxylic acids is 2. The van der Waals surface area contributed by atoms with Gasteiger partial charge in [-0.2, -0.15) is 5.26 Å². The van der Waals surface area contributed by atoms with Crippen molar-refractivity contribution in [1.29, 1.82) is 5.26 Å². The fourth-order valence-electron chi connectivity index (χ4n) is 3.28. The van der Waals surface area contributed by atoms with Crippen LogP contribution in [0.5, 0.6) is 0 Å².